The summed E-state index contributed by atoms with van der Waals surface area (Å²) in [5, 5.41) is 7.32. The van der Waals surface area contributed by atoms with Crippen LogP contribution in [-0.2, 0) is 0 Å². The van der Waals surface area contributed by atoms with Crippen molar-refractivity contribution in [2.24, 2.45) is 0 Å². The molecular weight excluding hydrogens is 448 g/mol. The van der Waals surface area contributed by atoms with Gasteiger partial charge in [-0.3, -0.25) is 14.8 Å². The van der Waals surface area contributed by atoms with Crippen LogP contribution in [-0.4, -0.2) is 15.9 Å². The van der Waals surface area contributed by atoms with Gasteiger partial charge in [-0.05, 0) is 73.7 Å². The van der Waals surface area contributed by atoms with E-state index in [1.807, 2.05) is 67.6 Å². The lowest BCUT2D eigenvalue weighted by Gasteiger charge is -2.12. The molecule has 6 nitrogen and oxygen atoms in total. The van der Waals surface area contributed by atoms with Crippen molar-refractivity contribution in [3.63, 3.8) is 0 Å². The Labute approximate surface area is 209 Å². The topological polar surface area (TPSA) is 76.1 Å². The summed E-state index contributed by atoms with van der Waals surface area (Å²) in [5.41, 5.74) is 4.62. The minimum Gasteiger partial charge on any atom is -0.457 e. The highest BCUT2D eigenvalue weighted by Crippen LogP contribution is 2.27. The number of hydrogen-bond acceptors (Lipinski definition) is 5. The first kappa shape index (κ1) is 22.6. The van der Waals surface area contributed by atoms with Gasteiger partial charge in [0, 0.05) is 58.2 Å². The van der Waals surface area contributed by atoms with Crippen LogP contribution in [0.5, 0.6) is 11.5 Å². The van der Waals surface area contributed by atoms with Crippen molar-refractivity contribution < 1.29 is 9.53 Å². The second kappa shape index (κ2) is 10.4. The van der Waals surface area contributed by atoms with E-state index < -0.39 is 0 Å². The predicted octanol–water partition coefficient (Wildman–Crippen LogP) is 6.79. The van der Waals surface area contributed by atoms with Crippen LogP contribution in [0.15, 0.2) is 104 Å². The van der Waals surface area contributed by atoms with Gasteiger partial charge in [0.1, 0.15) is 11.5 Å². The fraction of sp³-hybridized carbons (Fsp3) is 0.0333. The first-order chi connectivity index (χ1) is 17.7. The highest BCUT2D eigenvalue weighted by molar-refractivity contribution is 6.05. The molecule has 2 aromatic heterocycles. The van der Waals surface area contributed by atoms with Crippen molar-refractivity contribution in [3.05, 3.63) is 115 Å². The number of fused-ring (bicyclic) bond motifs is 1. The Kier molecular flexibility index (Phi) is 6.55. The number of rotatable bonds is 6. The molecule has 0 aliphatic rings. The maximum atomic E-state index is 13.0. The van der Waals surface area contributed by atoms with Gasteiger partial charge in [0.2, 0.25) is 0 Å². The van der Waals surface area contributed by atoms with Gasteiger partial charge in [-0.1, -0.05) is 18.1 Å². The minimum absolute atomic E-state index is 0.222. The quantitative estimate of drug-likeness (QED) is 0.267. The summed E-state index contributed by atoms with van der Waals surface area (Å²) in [7, 11) is 0. The smallest absolute Gasteiger partial charge is 0.255 e. The molecule has 0 aliphatic heterocycles. The molecule has 5 aromatic rings. The fourth-order valence-corrected chi connectivity index (χ4v) is 3.75. The molecule has 1 amide bonds. The van der Waals surface area contributed by atoms with Crippen LogP contribution in [0, 0.1) is 11.8 Å². The van der Waals surface area contributed by atoms with Crippen LogP contribution in [0.25, 0.3) is 10.9 Å². The summed E-state index contributed by atoms with van der Waals surface area (Å²) in [5.74, 6) is 7.08. The van der Waals surface area contributed by atoms with Crippen LogP contribution in [0.3, 0.4) is 0 Å². The van der Waals surface area contributed by atoms with Crippen LogP contribution in [0.2, 0.25) is 0 Å². The first-order valence-corrected chi connectivity index (χ1v) is 11.4. The van der Waals surface area contributed by atoms with E-state index in [9.17, 15) is 4.79 Å². The minimum atomic E-state index is -0.222. The molecule has 2 N–H and O–H groups in total. The van der Waals surface area contributed by atoms with Crippen molar-refractivity contribution in [1.82, 2.24) is 9.97 Å². The molecule has 0 atom stereocenters. The molecule has 0 radical (unpaired) electrons. The number of benzene rings is 3. The van der Waals surface area contributed by atoms with Gasteiger partial charge in [-0.25, -0.2) is 0 Å². The van der Waals surface area contributed by atoms with E-state index in [0.29, 0.717) is 22.7 Å². The summed E-state index contributed by atoms with van der Waals surface area (Å²) in [6.45, 7) is 1.81. The Balaban J connectivity index is 1.34. The Bertz CT molecular complexity index is 1600. The number of carbonyl (C=O) groups excluding carboxylic acids is 1. The molecule has 0 saturated heterocycles. The second-order valence-electron chi connectivity index (χ2n) is 7.94. The predicted molar refractivity (Wildman–Crippen MR) is 143 cm³/mol. The maximum Gasteiger partial charge on any atom is 0.255 e. The van der Waals surface area contributed by atoms with E-state index in [-0.39, 0.29) is 5.91 Å². The summed E-state index contributed by atoms with van der Waals surface area (Å²) >= 11 is 0. The summed E-state index contributed by atoms with van der Waals surface area (Å²) in [6.07, 6.45) is 5.08. The lowest BCUT2D eigenvalue weighted by atomic mass is 10.1. The van der Waals surface area contributed by atoms with Gasteiger partial charge in [-0.15, -0.1) is 5.92 Å². The zero-order valence-corrected chi connectivity index (χ0v) is 19.5. The van der Waals surface area contributed by atoms with Crippen molar-refractivity contribution in [3.8, 4) is 23.3 Å². The standard InChI is InChI=1S/C30H22N4O2/c1-2-5-21-10-11-28-27(18-21)29(14-17-32-28)33-23-7-3-6-22(19-23)30(35)34-24-8-4-9-26(20-24)36-25-12-15-31-16-13-25/h3-4,6-20H,1H3,(H,32,33)(H,34,35). The molecule has 5 rings (SSSR count). The zero-order chi connectivity index (χ0) is 24.7. The summed E-state index contributed by atoms with van der Waals surface area (Å²) in [6, 6.07) is 26.0. The number of carbonyl (C=O) groups is 1. The molecule has 3 aromatic carbocycles. The number of anilines is 3. The lowest BCUT2D eigenvalue weighted by Crippen LogP contribution is -2.12. The fourth-order valence-electron chi connectivity index (χ4n) is 3.75. The van der Waals surface area contributed by atoms with Crippen molar-refractivity contribution in [2.75, 3.05) is 10.6 Å². The van der Waals surface area contributed by atoms with E-state index in [4.69, 9.17) is 4.74 Å². The lowest BCUT2D eigenvalue weighted by molar-refractivity contribution is 0.102. The third kappa shape index (κ3) is 5.32. The molecule has 36 heavy (non-hydrogen) atoms. The van der Waals surface area contributed by atoms with Crippen molar-refractivity contribution in [2.45, 2.75) is 6.92 Å². The molecule has 0 aliphatic carbocycles. The van der Waals surface area contributed by atoms with E-state index in [1.165, 1.54) is 0 Å². The molecule has 0 spiro atoms. The Morgan fingerprint density at radius 1 is 0.833 bits per heavy atom. The van der Waals surface area contributed by atoms with Crippen LogP contribution in [0.4, 0.5) is 17.1 Å². The highest BCUT2D eigenvalue weighted by atomic mass is 16.5. The Morgan fingerprint density at radius 2 is 1.67 bits per heavy atom. The van der Waals surface area contributed by atoms with Gasteiger partial charge in [0.15, 0.2) is 0 Å². The maximum absolute atomic E-state index is 13.0. The number of amides is 1. The number of ether oxygens (including phenoxy) is 1. The summed E-state index contributed by atoms with van der Waals surface area (Å²) < 4.78 is 5.84. The number of pyridine rings is 2. The number of hydrogen-bond donors (Lipinski definition) is 2. The summed E-state index contributed by atoms with van der Waals surface area (Å²) in [4.78, 5) is 21.4. The monoisotopic (exact) mass is 470 g/mol. The van der Waals surface area contributed by atoms with Crippen molar-refractivity contribution in [1.29, 1.82) is 0 Å². The normalized spacial score (nSPS) is 10.2. The molecular formula is C30H22N4O2. The van der Waals surface area contributed by atoms with Crippen LogP contribution < -0.4 is 15.4 Å². The first-order valence-electron chi connectivity index (χ1n) is 11.4. The van der Waals surface area contributed by atoms with Gasteiger partial charge in [-0.2, -0.15) is 0 Å². The Hall–Kier alpha value is -5.15. The number of aromatic nitrogens is 2. The van der Waals surface area contributed by atoms with E-state index in [2.05, 4.69) is 32.4 Å². The van der Waals surface area contributed by atoms with Gasteiger partial charge < -0.3 is 15.4 Å². The van der Waals surface area contributed by atoms with Crippen LogP contribution >= 0.6 is 0 Å². The molecule has 6 heteroatoms. The van der Waals surface area contributed by atoms with Gasteiger partial charge >= 0.3 is 0 Å². The van der Waals surface area contributed by atoms with Gasteiger partial charge in [0.25, 0.3) is 5.91 Å². The zero-order valence-electron chi connectivity index (χ0n) is 19.5. The van der Waals surface area contributed by atoms with E-state index >= 15 is 0 Å². The second-order valence-corrected chi connectivity index (χ2v) is 7.94. The van der Waals surface area contributed by atoms with Gasteiger partial charge in [0.05, 0.1) is 5.52 Å². The largest absolute Gasteiger partial charge is 0.457 e. The number of nitrogens with zero attached hydrogens (tertiary/aromatic N) is 2. The molecule has 174 valence electrons. The average Bonchev–Trinajstić information content (AvgIpc) is 2.90. The van der Waals surface area contributed by atoms with Crippen LogP contribution in [0.1, 0.15) is 22.8 Å². The van der Waals surface area contributed by atoms with Crippen molar-refractivity contribution >= 4 is 33.9 Å². The Morgan fingerprint density at radius 3 is 2.53 bits per heavy atom. The number of nitrogens with one attached hydrogen (secondary N) is 2. The highest BCUT2D eigenvalue weighted by Gasteiger charge is 2.09. The molecule has 0 saturated carbocycles. The molecule has 0 bridgehead atoms. The van der Waals surface area contributed by atoms with E-state index in [0.717, 1.165) is 27.8 Å². The molecule has 0 fully saturated rings. The van der Waals surface area contributed by atoms with E-state index in [1.54, 1.807) is 42.9 Å². The molecule has 0 unspecified atom stereocenters. The third-order valence-electron chi connectivity index (χ3n) is 5.39. The molecule has 2 heterocycles. The SMILES string of the molecule is CC#Cc1ccc2nccc(Nc3cccc(C(=O)Nc4cccc(Oc5ccncc5)c4)c3)c2c1. The average molecular weight is 471 g/mol. The third-order valence-corrected chi connectivity index (χ3v) is 5.39.